The van der Waals surface area contributed by atoms with Crippen molar-refractivity contribution < 1.29 is 18.0 Å². The summed E-state index contributed by atoms with van der Waals surface area (Å²) < 4.78 is 22.7. The van der Waals surface area contributed by atoms with E-state index < -0.39 is 21.7 Å². The number of amides is 2. The van der Waals surface area contributed by atoms with E-state index in [-0.39, 0.29) is 15.3 Å². The molecule has 110 valence electrons. The second kappa shape index (κ2) is 5.66. The van der Waals surface area contributed by atoms with Gasteiger partial charge in [-0.15, -0.1) is 11.3 Å². The third-order valence-electron chi connectivity index (χ3n) is 2.68. The lowest BCUT2D eigenvalue weighted by atomic mass is 10.2. The minimum absolute atomic E-state index is 0.132. The van der Waals surface area contributed by atoms with Crippen molar-refractivity contribution in [3.05, 3.63) is 46.2 Å². The summed E-state index contributed by atoms with van der Waals surface area (Å²) in [5.41, 5.74) is 5.81. The molecule has 0 saturated carbocycles. The first-order valence-electron chi connectivity index (χ1n) is 5.78. The monoisotopic (exact) mass is 324 g/mol. The van der Waals surface area contributed by atoms with Gasteiger partial charge in [-0.1, -0.05) is 0 Å². The molecule has 0 unspecified atom stereocenters. The van der Waals surface area contributed by atoms with Crippen molar-refractivity contribution in [3.63, 3.8) is 0 Å². The van der Waals surface area contributed by atoms with Gasteiger partial charge in [0.2, 0.25) is 0 Å². The van der Waals surface area contributed by atoms with E-state index >= 15 is 0 Å². The number of thiophene rings is 1. The van der Waals surface area contributed by atoms with Gasteiger partial charge in [-0.3, -0.25) is 9.59 Å². The van der Waals surface area contributed by atoms with Crippen molar-refractivity contribution in [2.45, 2.75) is 4.90 Å². The maximum Gasteiger partial charge on any atom is 0.260 e. The van der Waals surface area contributed by atoms with Gasteiger partial charge in [-0.2, -0.15) is 0 Å². The fourth-order valence-corrected chi connectivity index (χ4v) is 2.98. The van der Waals surface area contributed by atoms with Crippen molar-refractivity contribution >= 4 is 38.7 Å². The molecule has 2 rings (SSSR count). The molecular formula is C13H12N2O4S2. The van der Waals surface area contributed by atoms with Crippen LogP contribution in [0.5, 0.6) is 0 Å². The number of nitrogens with two attached hydrogens (primary N) is 1. The van der Waals surface area contributed by atoms with Crippen LogP contribution >= 0.6 is 11.3 Å². The Kier molecular flexibility index (Phi) is 4.10. The molecule has 0 bridgehead atoms. The highest BCUT2D eigenvalue weighted by Gasteiger charge is 2.14. The molecule has 2 aromatic rings. The fraction of sp³-hybridized carbons (Fsp3) is 0.0769. The van der Waals surface area contributed by atoms with Crippen LogP contribution in [0.25, 0.3) is 0 Å². The number of primary amides is 1. The summed E-state index contributed by atoms with van der Waals surface area (Å²) in [7, 11) is -3.30. The van der Waals surface area contributed by atoms with Crippen molar-refractivity contribution in [1.29, 1.82) is 0 Å². The summed E-state index contributed by atoms with van der Waals surface area (Å²) in [6.07, 6.45) is 1.09. The van der Waals surface area contributed by atoms with Crippen LogP contribution in [0, 0.1) is 0 Å². The summed E-state index contributed by atoms with van der Waals surface area (Å²) >= 11 is 1.13. The Bertz CT molecular complexity index is 792. The van der Waals surface area contributed by atoms with Crippen LogP contribution in [-0.4, -0.2) is 26.5 Å². The molecular weight excluding hydrogens is 312 g/mol. The van der Waals surface area contributed by atoms with Gasteiger partial charge in [-0.05, 0) is 35.7 Å². The topological polar surface area (TPSA) is 106 Å². The zero-order valence-electron chi connectivity index (χ0n) is 11.0. The Hall–Kier alpha value is -2.19. The molecule has 0 radical (unpaired) electrons. The molecule has 0 aliphatic carbocycles. The summed E-state index contributed by atoms with van der Waals surface area (Å²) in [5, 5.41) is 4.21. The van der Waals surface area contributed by atoms with E-state index in [0.717, 1.165) is 17.6 Å². The van der Waals surface area contributed by atoms with E-state index in [1.165, 1.54) is 24.3 Å². The van der Waals surface area contributed by atoms with Crippen molar-refractivity contribution in [2.24, 2.45) is 5.73 Å². The van der Waals surface area contributed by atoms with Gasteiger partial charge < -0.3 is 11.1 Å². The zero-order valence-corrected chi connectivity index (χ0v) is 12.6. The Morgan fingerprint density at radius 2 is 1.76 bits per heavy atom. The molecule has 6 nitrogen and oxygen atoms in total. The Morgan fingerprint density at radius 3 is 2.29 bits per heavy atom. The van der Waals surface area contributed by atoms with Crippen LogP contribution in [0.4, 0.5) is 5.69 Å². The summed E-state index contributed by atoms with van der Waals surface area (Å²) in [4.78, 5) is 23.6. The normalized spacial score (nSPS) is 11.1. The second-order valence-electron chi connectivity index (χ2n) is 4.28. The highest BCUT2D eigenvalue weighted by Crippen LogP contribution is 2.22. The highest BCUT2D eigenvalue weighted by atomic mass is 32.2. The Morgan fingerprint density at radius 1 is 1.14 bits per heavy atom. The fourth-order valence-electron chi connectivity index (χ4n) is 1.65. The maximum absolute atomic E-state index is 12.0. The van der Waals surface area contributed by atoms with E-state index in [0.29, 0.717) is 5.69 Å². The first-order valence-corrected chi connectivity index (χ1v) is 8.55. The lowest BCUT2D eigenvalue weighted by Gasteiger charge is -2.05. The summed E-state index contributed by atoms with van der Waals surface area (Å²) in [6, 6.07) is 7.09. The third kappa shape index (κ3) is 3.47. The van der Waals surface area contributed by atoms with E-state index in [9.17, 15) is 18.0 Å². The van der Waals surface area contributed by atoms with Crippen molar-refractivity contribution in [2.75, 3.05) is 11.6 Å². The van der Waals surface area contributed by atoms with Crippen molar-refractivity contribution in [1.82, 2.24) is 0 Å². The largest absolute Gasteiger partial charge is 0.365 e. The number of hydrogen-bond donors (Lipinski definition) is 2. The van der Waals surface area contributed by atoms with Crippen LogP contribution in [0.3, 0.4) is 0 Å². The lowest BCUT2D eigenvalue weighted by Crippen LogP contribution is -2.16. The van der Waals surface area contributed by atoms with Gasteiger partial charge >= 0.3 is 0 Å². The number of rotatable bonds is 4. The minimum atomic E-state index is -3.30. The van der Waals surface area contributed by atoms with E-state index in [2.05, 4.69) is 5.32 Å². The third-order valence-corrected chi connectivity index (χ3v) is 4.74. The van der Waals surface area contributed by atoms with E-state index in [4.69, 9.17) is 5.73 Å². The molecule has 2 amide bonds. The number of sulfone groups is 1. The predicted octanol–water partition coefficient (Wildman–Crippen LogP) is 1.50. The Balaban J connectivity index is 2.21. The van der Waals surface area contributed by atoms with Crippen LogP contribution in [0.2, 0.25) is 0 Å². The van der Waals surface area contributed by atoms with E-state index in [1.807, 2.05) is 0 Å². The van der Waals surface area contributed by atoms with Crippen molar-refractivity contribution in [3.8, 4) is 0 Å². The molecule has 0 atom stereocenters. The predicted molar refractivity (Wildman–Crippen MR) is 80.3 cm³/mol. The van der Waals surface area contributed by atoms with Crippen LogP contribution < -0.4 is 11.1 Å². The van der Waals surface area contributed by atoms with Crippen LogP contribution in [-0.2, 0) is 9.84 Å². The molecule has 0 aliphatic rings. The molecule has 1 heterocycles. The number of nitrogens with one attached hydrogen (secondary N) is 1. The molecule has 21 heavy (non-hydrogen) atoms. The molecule has 0 saturated heterocycles. The molecule has 1 aromatic heterocycles. The van der Waals surface area contributed by atoms with Gasteiger partial charge in [0.25, 0.3) is 11.8 Å². The SMILES string of the molecule is CS(=O)(=O)c1ccc(C(=O)Nc2ccsc2C(N)=O)cc1. The number of hydrogen-bond acceptors (Lipinski definition) is 5. The molecule has 3 N–H and O–H groups in total. The maximum atomic E-state index is 12.0. The first-order chi connectivity index (χ1) is 9.79. The average molecular weight is 324 g/mol. The van der Waals surface area contributed by atoms with Gasteiger partial charge in [0.1, 0.15) is 4.88 Å². The molecule has 1 aromatic carbocycles. The average Bonchev–Trinajstić information content (AvgIpc) is 2.86. The smallest absolute Gasteiger partial charge is 0.260 e. The number of benzene rings is 1. The standard InChI is InChI=1S/C13H12N2O4S2/c1-21(18,19)9-4-2-8(3-5-9)13(17)15-10-6-7-20-11(10)12(14)16/h2-7H,1H3,(H2,14,16)(H,15,17). The second-order valence-corrected chi connectivity index (χ2v) is 7.21. The number of anilines is 1. The summed E-state index contributed by atoms with van der Waals surface area (Å²) in [5.74, 6) is -1.07. The van der Waals surface area contributed by atoms with Gasteiger partial charge in [0.15, 0.2) is 9.84 Å². The minimum Gasteiger partial charge on any atom is -0.365 e. The highest BCUT2D eigenvalue weighted by molar-refractivity contribution is 7.90. The quantitative estimate of drug-likeness (QED) is 0.888. The molecule has 0 aliphatic heterocycles. The molecule has 0 fully saturated rings. The van der Waals surface area contributed by atoms with Gasteiger partial charge in [-0.25, -0.2) is 8.42 Å². The number of carbonyl (C=O) groups excluding carboxylic acids is 2. The first kappa shape index (κ1) is 15.2. The van der Waals surface area contributed by atoms with Gasteiger partial charge in [0, 0.05) is 11.8 Å². The number of carbonyl (C=O) groups is 2. The van der Waals surface area contributed by atoms with E-state index in [1.54, 1.807) is 11.4 Å². The van der Waals surface area contributed by atoms with Gasteiger partial charge in [0.05, 0.1) is 10.6 Å². The van der Waals surface area contributed by atoms with Crippen LogP contribution in [0.1, 0.15) is 20.0 Å². The Labute approximate surface area is 125 Å². The molecule has 0 spiro atoms. The lowest BCUT2D eigenvalue weighted by molar-refractivity contribution is 0.100. The molecule has 8 heteroatoms. The zero-order chi connectivity index (χ0) is 15.6. The summed E-state index contributed by atoms with van der Waals surface area (Å²) in [6.45, 7) is 0. The van der Waals surface area contributed by atoms with Crippen LogP contribution in [0.15, 0.2) is 40.6 Å².